The van der Waals surface area contributed by atoms with E-state index in [0.29, 0.717) is 0 Å². The first-order valence-corrected chi connectivity index (χ1v) is 4.62. The molecule has 1 aliphatic carbocycles. The van der Waals surface area contributed by atoms with E-state index in [1.165, 1.54) is 0 Å². The van der Waals surface area contributed by atoms with Crippen molar-refractivity contribution in [3.63, 3.8) is 0 Å². The Labute approximate surface area is 75.0 Å². The van der Waals surface area contributed by atoms with Crippen molar-refractivity contribution in [1.29, 1.82) is 0 Å². The second-order valence-corrected chi connectivity index (χ2v) is 2.85. The van der Waals surface area contributed by atoms with Crippen LogP contribution < -0.4 is 0 Å². The Morgan fingerprint density at radius 3 is 2.00 bits per heavy atom. The van der Waals surface area contributed by atoms with Gasteiger partial charge in [-0.15, -0.1) is 0 Å². The summed E-state index contributed by atoms with van der Waals surface area (Å²) in [5.41, 5.74) is 0. The summed E-state index contributed by atoms with van der Waals surface area (Å²) < 4.78 is 0. The van der Waals surface area contributed by atoms with Crippen molar-refractivity contribution < 1.29 is 0 Å². The molecule has 0 bridgehead atoms. The molecule has 0 nitrogen and oxygen atoms in total. The molecule has 1 aliphatic rings. The Hall–Kier alpha value is -1.04. The average Bonchev–Trinajstić information content (AvgIpc) is 2.05. The lowest BCUT2D eigenvalue weighted by Crippen LogP contribution is -1.67. The fourth-order valence-corrected chi connectivity index (χ4v) is 1.09. The molecule has 0 aromatic carbocycles. The van der Waals surface area contributed by atoms with Crippen LogP contribution in [-0.4, -0.2) is 0 Å². The minimum absolute atomic E-state index is 1.05. The summed E-state index contributed by atoms with van der Waals surface area (Å²) in [4.78, 5) is 0. The van der Waals surface area contributed by atoms with Gasteiger partial charge in [0.15, 0.2) is 0 Å². The van der Waals surface area contributed by atoms with Gasteiger partial charge in [0.25, 0.3) is 0 Å². The fourth-order valence-electron chi connectivity index (χ4n) is 1.09. The molecule has 0 N–H and O–H groups in total. The molecule has 1 rings (SSSR count). The van der Waals surface area contributed by atoms with E-state index in [1.54, 1.807) is 0 Å². The van der Waals surface area contributed by atoms with Crippen molar-refractivity contribution in [2.24, 2.45) is 0 Å². The molecule has 0 aromatic heterocycles. The van der Waals surface area contributed by atoms with E-state index in [0.717, 1.165) is 25.7 Å². The average molecular weight is 160 g/mol. The van der Waals surface area contributed by atoms with E-state index in [4.69, 9.17) is 0 Å². The van der Waals surface area contributed by atoms with Crippen LogP contribution in [0.3, 0.4) is 0 Å². The van der Waals surface area contributed by atoms with Gasteiger partial charge in [0.1, 0.15) is 0 Å². The molecule has 0 heteroatoms. The van der Waals surface area contributed by atoms with Gasteiger partial charge in [-0.25, -0.2) is 0 Å². The summed E-state index contributed by atoms with van der Waals surface area (Å²) in [5.74, 6) is 0. The molecular weight excluding hydrogens is 144 g/mol. The zero-order valence-corrected chi connectivity index (χ0v) is 7.45. The van der Waals surface area contributed by atoms with Crippen molar-refractivity contribution >= 4 is 0 Å². The van der Waals surface area contributed by atoms with Crippen LogP contribution in [0.5, 0.6) is 0 Å². The summed E-state index contributed by atoms with van der Waals surface area (Å²) in [5, 5.41) is 0. The van der Waals surface area contributed by atoms with Crippen LogP contribution in [0.25, 0.3) is 0 Å². The summed E-state index contributed by atoms with van der Waals surface area (Å²) in [6.07, 6.45) is 22.0. The number of hydrogen-bond donors (Lipinski definition) is 0. The van der Waals surface area contributed by atoms with Gasteiger partial charge >= 0.3 is 0 Å². The van der Waals surface area contributed by atoms with Crippen molar-refractivity contribution in [3.05, 3.63) is 48.6 Å². The zero-order chi connectivity index (χ0) is 8.49. The van der Waals surface area contributed by atoms with Gasteiger partial charge < -0.3 is 0 Å². The molecule has 12 heavy (non-hydrogen) atoms. The Morgan fingerprint density at radius 1 is 0.500 bits per heavy atom. The zero-order valence-electron chi connectivity index (χ0n) is 7.45. The highest BCUT2D eigenvalue weighted by Crippen LogP contribution is 1.98. The second kappa shape index (κ2) is 6.66. The lowest BCUT2D eigenvalue weighted by atomic mass is 10.2. The SMILES string of the molecule is C1=CCC=CCC=CCCC=C1. The first-order valence-electron chi connectivity index (χ1n) is 4.62. The molecule has 0 unspecified atom stereocenters. The topological polar surface area (TPSA) is 0 Å². The highest BCUT2D eigenvalue weighted by atomic mass is 13.8. The molecule has 0 heterocycles. The molecule has 0 saturated carbocycles. The highest BCUT2D eigenvalue weighted by molar-refractivity contribution is 5.06. The van der Waals surface area contributed by atoms with Gasteiger partial charge in [-0.1, -0.05) is 48.6 Å². The fraction of sp³-hybridized carbons (Fsp3) is 0.333. The van der Waals surface area contributed by atoms with Gasteiger partial charge in [-0.3, -0.25) is 0 Å². The van der Waals surface area contributed by atoms with Gasteiger partial charge in [0.05, 0.1) is 0 Å². The van der Waals surface area contributed by atoms with Crippen LogP contribution in [0, 0.1) is 0 Å². The maximum Gasteiger partial charge on any atom is -0.0166 e. The quantitative estimate of drug-likeness (QED) is 0.473. The first kappa shape index (κ1) is 9.05. The van der Waals surface area contributed by atoms with E-state index in [-0.39, 0.29) is 0 Å². The van der Waals surface area contributed by atoms with Crippen LogP contribution in [-0.2, 0) is 0 Å². The van der Waals surface area contributed by atoms with Crippen LogP contribution in [0.2, 0.25) is 0 Å². The normalized spacial score (nSPS) is 18.7. The third kappa shape index (κ3) is 4.73. The van der Waals surface area contributed by atoms with Crippen LogP contribution >= 0.6 is 0 Å². The van der Waals surface area contributed by atoms with Crippen LogP contribution in [0.15, 0.2) is 48.6 Å². The van der Waals surface area contributed by atoms with Crippen LogP contribution in [0.4, 0.5) is 0 Å². The third-order valence-electron chi connectivity index (χ3n) is 1.76. The van der Waals surface area contributed by atoms with Gasteiger partial charge in [-0.05, 0) is 25.7 Å². The first-order chi connectivity index (χ1) is 6.00. The molecule has 64 valence electrons. The molecule has 0 amide bonds. The number of rotatable bonds is 0. The highest BCUT2D eigenvalue weighted by Gasteiger charge is 1.77. The second-order valence-electron chi connectivity index (χ2n) is 2.85. The van der Waals surface area contributed by atoms with Gasteiger partial charge in [0.2, 0.25) is 0 Å². The summed E-state index contributed by atoms with van der Waals surface area (Å²) in [7, 11) is 0. The Morgan fingerprint density at radius 2 is 1.08 bits per heavy atom. The van der Waals surface area contributed by atoms with Crippen molar-refractivity contribution in [2.45, 2.75) is 25.7 Å². The Bertz CT molecular complexity index is 204. The van der Waals surface area contributed by atoms with Gasteiger partial charge in [-0.2, -0.15) is 0 Å². The molecule has 0 saturated heterocycles. The predicted molar refractivity (Wildman–Crippen MR) is 55.0 cm³/mol. The number of hydrogen-bond acceptors (Lipinski definition) is 0. The molecule has 0 fully saturated rings. The molecule has 0 radical (unpaired) electrons. The molecular formula is C12H16. The van der Waals surface area contributed by atoms with Crippen LogP contribution in [0.1, 0.15) is 25.7 Å². The van der Waals surface area contributed by atoms with Crippen molar-refractivity contribution in [2.75, 3.05) is 0 Å². The standard InChI is InChI=1S/C12H16/c1-2-4-6-8-10-12-11-9-7-5-3-1/h1-4,7,9-10,12H,5-6,8,11H2. The Balaban J connectivity index is 2.41. The van der Waals surface area contributed by atoms with E-state index in [1.807, 2.05) is 0 Å². The van der Waals surface area contributed by atoms with E-state index >= 15 is 0 Å². The number of allylic oxidation sites excluding steroid dienone is 8. The van der Waals surface area contributed by atoms with E-state index in [2.05, 4.69) is 48.6 Å². The largest absolute Gasteiger partial charge is 0.0879 e. The third-order valence-corrected chi connectivity index (χ3v) is 1.76. The molecule has 0 aromatic rings. The smallest absolute Gasteiger partial charge is 0.0166 e. The lowest BCUT2D eigenvalue weighted by Gasteiger charge is -1.88. The summed E-state index contributed by atoms with van der Waals surface area (Å²) in [6, 6.07) is 0. The minimum atomic E-state index is 1.05. The molecule has 0 spiro atoms. The van der Waals surface area contributed by atoms with Gasteiger partial charge in [0, 0.05) is 0 Å². The maximum atomic E-state index is 2.25. The molecule has 0 aliphatic heterocycles. The minimum Gasteiger partial charge on any atom is -0.0879 e. The molecule has 0 atom stereocenters. The summed E-state index contributed by atoms with van der Waals surface area (Å²) in [6.45, 7) is 0. The van der Waals surface area contributed by atoms with Crippen molar-refractivity contribution in [3.8, 4) is 0 Å². The summed E-state index contributed by atoms with van der Waals surface area (Å²) >= 11 is 0. The predicted octanol–water partition coefficient (Wildman–Crippen LogP) is 3.79. The maximum absolute atomic E-state index is 2.25. The Kier molecular flexibility index (Phi) is 5.02. The van der Waals surface area contributed by atoms with Crippen molar-refractivity contribution in [1.82, 2.24) is 0 Å². The lowest BCUT2D eigenvalue weighted by molar-refractivity contribution is 1.04. The monoisotopic (exact) mass is 160 g/mol. The van der Waals surface area contributed by atoms with E-state index < -0.39 is 0 Å². The van der Waals surface area contributed by atoms with E-state index in [9.17, 15) is 0 Å².